The Bertz CT molecular complexity index is 1300. The maximum absolute atomic E-state index is 14.8. The fourth-order valence-electron chi connectivity index (χ4n) is 5.39. The number of anilines is 3. The molecule has 5 N–H and O–H groups in total. The van der Waals surface area contributed by atoms with Crippen molar-refractivity contribution in [1.29, 1.82) is 0 Å². The van der Waals surface area contributed by atoms with Crippen LogP contribution in [0, 0.1) is 11.2 Å². The van der Waals surface area contributed by atoms with Crippen LogP contribution in [0.4, 0.5) is 22.0 Å². The molecule has 9 nitrogen and oxygen atoms in total. The molecule has 12 heteroatoms. The van der Waals surface area contributed by atoms with Crippen molar-refractivity contribution >= 4 is 57.9 Å². The Morgan fingerprint density at radius 3 is 2.65 bits per heavy atom. The molecule has 2 atom stereocenters. The molecule has 198 valence electrons. The first kappa shape index (κ1) is 25.9. The van der Waals surface area contributed by atoms with E-state index in [0.29, 0.717) is 55.2 Å². The maximum Gasteiger partial charge on any atom is 0.224 e. The fraction of sp³-hybridized carbons (Fsp3) is 0.520. The molecule has 0 saturated heterocycles. The number of imidazole rings is 1. The average Bonchev–Trinajstić information content (AvgIpc) is 3.19. The molecule has 0 bridgehead atoms. The number of halogens is 3. The van der Waals surface area contributed by atoms with Gasteiger partial charge in [0.05, 0.1) is 23.0 Å². The zero-order valence-corrected chi connectivity index (χ0v) is 22.0. The number of carbonyl (C=O) groups is 1. The summed E-state index contributed by atoms with van der Waals surface area (Å²) in [5, 5.41) is 16.7. The van der Waals surface area contributed by atoms with Gasteiger partial charge in [0.2, 0.25) is 17.8 Å². The summed E-state index contributed by atoms with van der Waals surface area (Å²) in [6.07, 6.45) is 7.13. The maximum atomic E-state index is 14.8. The summed E-state index contributed by atoms with van der Waals surface area (Å²) >= 11 is 12.3. The van der Waals surface area contributed by atoms with Crippen molar-refractivity contribution in [1.82, 2.24) is 19.5 Å². The first-order valence-electron chi connectivity index (χ1n) is 12.5. The van der Waals surface area contributed by atoms with Crippen LogP contribution in [-0.2, 0) is 4.79 Å². The number of carbonyl (C=O) groups excluding carboxylic acids is 1. The Morgan fingerprint density at radius 2 is 1.97 bits per heavy atom. The lowest BCUT2D eigenvalue weighted by Gasteiger charge is -2.35. The van der Waals surface area contributed by atoms with E-state index in [1.54, 1.807) is 6.20 Å². The Kier molecular flexibility index (Phi) is 7.17. The number of hydrogen-bond donors (Lipinski definition) is 4. The van der Waals surface area contributed by atoms with Gasteiger partial charge < -0.3 is 21.5 Å². The molecule has 2 heterocycles. The number of fused-ring (bicyclic) bond motifs is 1. The van der Waals surface area contributed by atoms with Crippen molar-refractivity contribution in [2.45, 2.75) is 76.5 Å². The van der Waals surface area contributed by atoms with Gasteiger partial charge in [-0.2, -0.15) is 4.98 Å². The van der Waals surface area contributed by atoms with Crippen molar-refractivity contribution < 1.29 is 14.3 Å². The molecule has 2 aromatic heterocycles. The molecule has 2 aliphatic carbocycles. The van der Waals surface area contributed by atoms with Crippen LogP contribution in [0.15, 0.2) is 18.3 Å². The van der Waals surface area contributed by atoms with Crippen LogP contribution in [0.1, 0.15) is 64.3 Å². The second-order valence-corrected chi connectivity index (χ2v) is 11.2. The second-order valence-electron chi connectivity index (χ2n) is 10.4. The number of primary amides is 1. The van der Waals surface area contributed by atoms with Gasteiger partial charge in [-0.1, -0.05) is 30.1 Å². The number of nitrogens with two attached hydrogens (primary N) is 1. The highest BCUT2D eigenvalue weighted by Gasteiger charge is 2.38. The van der Waals surface area contributed by atoms with Crippen molar-refractivity contribution in [2.24, 2.45) is 11.1 Å². The summed E-state index contributed by atoms with van der Waals surface area (Å²) in [5.41, 5.74) is 6.26. The molecule has 1 unspecified atom stereocenters. The molecule has 1 amide bonds. The average molecular weight is 550 g/mol. The molecule has 0 radical (unpaired) electrons. The third-order valence-corrected chi connectivity index (χ3v) is 8.19. The standard InChI is InChI=1S/C25H30Cl2FN7O2/c1-25(22(29)37)7-5-15(6-8-25)35-21-19(12-30-23(34-21)31-14-3-2-4-16(36)11-14)32-24(35)33-20-17(27)9-13(26)10-18(20)28/h9-10,12,14-16,36H,2-8,11H2,1H3,(H2,29,37)(H,32,33)(H,30,31,34)/t14?,15?,16-,25?/m1/s1. The first-order chi connectivity index (χ1) is 17.6. The Labute approximate surface area is 224 Å². The summed E-state index contributed by atoms with van der Waals surface area (Å²) in [5.74, 6) is -0.109. The number of aliphatic hydroxyl groups is 1. The number of aliphatic hydroxyl groups excluding tert-OH is 1. The molecule has 1 aromatic carbocycles. The van der Waals surface area contributed by atoms with E-state index in [0.717, 1.165) is 19.3 Å². The fourth-order valence-corrected chi connectivity index (χ4v) is 5.91. The number of hydrogen-bond acceptors (Lipinski definition) is 7. The molecule has 2 fully saturated rings. The minimum Gasteiger partial charge on any atom is -0.393 e. The summed E-state index contributed by atoms with van der Waals surface area (Å²) in [6.45, 7) is 1.89. The van der Waals surface area contributed by atoms with E-state index in [2.05, 4.69) is 20.6 Å². The minimum absolute atomic E-state index is 0.0582. The summed E-state index contributed by atoms with van der Waals surface area (Å²) in [6, 6.07) is 2.65. The van der Waals surface area contributed by atoms with Gasteiger partial charge in [-0.05, 0) is 63.5 Å². The van der Waals surface area contributed by atoms with Crippen LogP contribution in [0.5, 0.6) is 0 Å². The minimum atomic E-state index is -0.606. The molecule has 0 aliphatic heterocycles. The lowest BCUT2D eigenvalue weighted by atomic mass is 9.73. The van der Waals surface area contributed by atoms with Gasteiger partial charge in [-0.3, -0.25) is 9.36 Å². The third kappa shape index (κ3) is 5.32. The van der Waals surface area contributed by atoms with E-state index in [1.807, 2.05) is 11.5 Å². The zero-order chi connectivity index (χ0) is 26.3. The van der Waals surface area contributed by atoms with E-state index in [4.69, 9.17) is 33.9 Å². The van der Waals surface area contributed by atoms with Gasteiger partial charge in [-0.25, -0.2) is 14.4 Å². The monoisotopic (exact) mass is 549 g/mol. The molecule has 2 saturated carbocycles. The lowest BCUT2D eigenvalue weighted by molar-refractivity contribution is -0.128. The molecule has 37 heavy (non-hydrogen) atoms. The Morgan fingerprint density at radius 1 is 1.22 bits per heavy atom. The van der Waals surface area contributed by atoms with Crippen LogP contribution in [0.25, 0.3) is 11.2 Å². The van der Waals surface area contributed by atoms with Gasteiger partial charge in [-0.15, -0.1) is 0 Å². The van der Waals surface area contributed by atoms with E-state index in [-0.39, 0.29) is 39.8 Å². The van der Waals surface area contributed by atoms with Crippen molar-refractivity contribution in [3.8, 4) is 0 Å². The summed E-state index contributed by atoms with van der Waals surface area (Å²) in [7, 11) is 0. The quantitative estimate of drug-likeness (QED) is 0.326. The largest absolute Gasteiger partial charge is 0.393 e. The van der Waals surface area contributed by atoms with Crippen LogP contribution in [-0.4, -0.2) is 42.7 Å². The summed E-state index contributed by atoms with van der Waals surface area (Å²) < 4.78 is 16.7. The first-order valence-corrected chi connectivity index (χ1v) is 13.3. The van der Waals surface area contributed by atoms with Gasteiger partial charge in [0.1, 0.15) is 11.3 Å². The highest BCUT2D eigenvalue weighted by Crippen LogP contribution is 2.43. The smallest absolute Gasteiger partial charge is 0.224 e. The van der Waals surface area contributed by atoms with Crippen LogP contribution >= 0.6 is 23.2 Å². The topological polar surface area (TPSA) is 131 Å². The normalized spacial score (nSPS) is 26.2. The molecule has 3 aromatic rings. The molecule has 5 rings (SSSR count). The van der Waals surface area contributed by atoms with Crippen LogP contribution in [0.3, 0.4) is 0 Å². The molecular formula is C25H30Cl2FN7O2. The van der Waals surface area contributed by atoms with Crippen LogP contribution < -0.4 is 16.4 Å². The second kappa shape index (κ2) is 10.2. The molecule has 0 spiro atoms. The van der Waals surface area contributed by atoms with Gasteiger partial charge in [0, 0.05) is 22.5 Å². The van der Waals surface area contributed by atoms with Crippen LogP contribution in [0.2, 0.25) is 10.0 Å². The summed E-state index contributed by atoms with van der Waals surface area (Å²) in [4.78, 5) is 25.9. The number of rotatable bonds is 6. The van der Waals surface area contributed by atoms with Gasteiger partial charge in [0.15, 0.2) is 5.65 Å². The predicted molar refractivity (Wildman–Crippen MR) is 142 cm³/mol. The number of aromatic nitrogens is 4. The number of benzene rings is 1. The predicted octanol–water partition coefficient (Wildman–Crippen LogP) is 5.34. The third-order valence-electron chi connectivity index (χ3n) is 7.67. The molecular weight excluding hydrogens is 520 g/mol. The van der Waals surface area contributed by atoms with E-state index < -0.39 is 11.2 Å². The number of nitrogens with zero attached hydrogens (tertiary/aromatic N) is 4. The SMILES string of the molecule is CC1(C(N)=O)CCC(n2c(Nc3c(F)cc(Cl)cc3Cl)nc3cnc(NC4CCC[C@@H](O)C4)nc32)CC1. The van der Waals surface area contributed by atoms with E-state index in [1.165, 1.54) is 12.1 Å². The Hall–Kier alpha value is -2.69. The highest BCUT2D eigenvalue weighted by atomic mass is 35.5. The Balaban J connectivity index is 1.52. The highest BCUT2D eigenvalue weighted by molar-refractivity contribution is 6.36. The van der Waals surface area contributed by atoms with Crippen molar-refractivity contribution in [2.75, 3.05) is 10.6 Å². The zero-order valence-electron chi connectivity index (χ0n) is 20.5. The van der Waals surface area contributed by atoms with E-state index >= 15 is 0 Å². The molecule has 2 aliphatic rings. The number of amides is 1. The number of nitrogens with one attached hydrogen (secondary N) is 2. The van der Waals surface area contributed by atoms with E-state index in [9.17, 15) is 14.3 Å². The van der Waals surface area contributed by atoms with Crippen molar-refractivity contribution in [3.63, 3.8) is 0 Å². The van der Waals surface area contributed by atoms with Gasteiger partial charge >= 0.3 is 0 Å². The lowest BCUT2D eigenvalue weighted by Crippen LogP contribution is -2.38. The van der Waals surface area contributed by atoms with Gasteiger partial charge in [0.25, 0.3) is 0 Å². The van der Waals surface area contributed by atoms with Crippen molar-refractivity contribution in [3.05, 3.63) is 34.2 Å².